The minimum Gasteiger partial charge on any atom is -0.444 e. The fraction of sp³-hybridized carbons (Fsp3) is 0.200. The number of ether oxygens (including phenoxy) is 1. The maximum absolute atomic E-state index is 12.5. The summed E-state index contributed by atoms with van der Waals surface area (Å²) in [6.45, 7) is 4.33. The van der Waals surface area contributed by atoms with Crippen molar-refractivity contribution in [2.75, 3.05) is 16.8 Å². The Morgan fingerprint density at radius 3 is 2.53 bits per heavy atom. The summed E-state index contributed by atoms with van der Waals surface area (Å²) in [6, 6.07) is 23.6. The third kappa shape index (κ3) is 4.35. The summed E-state index contributed by atoms with van der Waals surface area (Å²) in [4.78, 5) is 26.6. The van der Waals surface area contributed by atoms with Crippen LogP contribution in [0.3, 0.4) is 0 Å². The number of carbonyl (C=O) groups is 2. The van der Waals surface area contributed by atoms with E-state index in [4.69, 9.17) is 4.74 Å². The molecule has 0 aliphatic carbocycles. The summed E-state index contributed by atoms with van der Waals surface area (Å²) in [5, 5.41) is 2.78. The normalized spacial score (nSPS) is 15.9. The van der Waals surface area contributed by atoms with Crippen LogP contribution >= 0.6 is 0 Å². The van der Waals surface area contributed by atoms with Gasteiger partial charge in [-0.15, -0.1) is 0 Å². The number of hydrogen-bond acceptors (Lipinski definition) is 3. The molecule has 4 rings (SSSR count). The van der Waals surface area contributed by atoms with Crippen LogP contribution in [0.15, 0.2) is 72.8 Å². The Balaban J connectivity index is 1.40. The van der Waals surface area contributed by atoms with E-state index in [1.54, 1.807) is 4.90 Å². The molecule has 1 fully saturated rings. The molecule has 1 heterocycles. The van der Waals surface area contributed by atoms with Gasteiger partial charge >= 0.3 is 6.09 Å². The Morgan fingerprint density at radius 2 is 1.73 bits per heavy atom. The molecule has 0 aromatic heterocycles. The van der Waals surface area contributed by atoms with E-state index in [1.807, 2.05) is 86.6 Å². The van der Waals surface area contributed by atoms with Crippen molar-refractivity contribution in [1.29, 1.82) is 0 Å². The van der Waals surface area contributed by atoms with Crippen LogP contribution in [0, 0.1) is 13.8 Å². The molecule has 2 amide bonds. The first-order valence-corrected chi connectivity index (χ1v) is 10.0. The molecule has 30 heavy (non-hydrogen) atoms. The van der Waals surface area contributed by atoms with Gasteiger partial charge in [-0.25, -0.2) is 4.79 Å². The van der Waals surface area contributed by atoms with Gasteiger partial charge in [0.2, 0.25) is 5.91 Å². The monoisotopic (exact) mass is 400 g/mol. The van der Waals surface area contributed by atoms with E-state index in [9.17, 15) is 9.59 Å². The van der Waals surface area contributed by atoms with E-state index in [0.717, 1.165) is 27.9 Å². The van der Waals surface area contributed by atoms with Gasteiger partial charge in [0.15, 0.2) is 0 Å². The lowest BCUT2D eigenvalue weighted by atomic mass is 10.1. The van der Waals surface area contributed by atoms with Crippen molar-refractivity contribution in [3.63, 3.8) is 0 Å². The van der Waals surface area contributed by atoms with Crippen molar-refractivity contribution in [2.45, 2.75) is 26.4 Å². The summed E-state index contributed by atoms with van der Waals surface area (Å²) in [7, 11) is 0. The fourth-order valence-electron chi connectivity index (χ4n) is 3.70. The number of hydrogen-bond donors (Lipinski definition) is 1. The zero-order chi connectivity index (χ0) is 21.1. The van der Waals surface area contributed by atoms with E-state index in [2.05, 4.69) is 5.32 Å². The number of rotatable bonds is 4. The summed E-state index contributed by atoms with van der Waals surface area (Å²) >= 11 is 0. The fourth-order valence-corrected chi connectivity index (χ4v) is 3.70. The molecule has 0 bridgehead atoms. The molecule has 1 aliphatic heterocycles. The predicted molar refractivity (Wildman–Crippen MR) is 119 cm³/mol. The topological polar surface area (TPSA) is 58.6 Å². The van der Waals surface area contributed by atoms with Crippen LogP contribution in [0.1, 0.15) is 17.5 Å². The molecule has 1 unspecified atom stereocenters. The maximum atomic E-state index is 12.5. The molecule has 0 spiro atoms. The Hall–Kier alpha value is -3.60. The largest absolute Gasteiger partial charge is 0.444 e. The van der Waals surface area contributed by atoms with E-state index >= 15 is 0 Å². The number of anilines is 2. The highest BCUT2D eigenvalue weighted by molar-refractivity contribution is 5.97. The van der Waals surface area contributed by atoms with Crippen LogP contribution < -0.4 is 10.2 Å². The van der Waals surface area contributed by atoms with Gasteiger partial charge in [0, 0.05) is 11.4 Å². The molecular formula is C25H24N2O3. The molecule has 1 N–H and O–H groups in total. The van der Waals surface area contributed by atoms with Crippen molar-refractivity contribution in [3.8, 4) is 11.1 Å². The van der Waals surface area contributed by atoms with Crippen LogP contribution in [-0.4, -0.2) is 24.6 Å². The average Bonchev–Trinajstić information content (AvgIpc) is 3.10. The first-order chi connectivity index (χ1) is 14.5. The quantitative estimate of drug-likeness (QED) is 0.644. The first-order valence-electron chi connectivity index (χ1n) is 10.0. The molecule has 5 heteroatoms. The van der Waals surface area contributed by atoms with Gasteiger partial charge in [0.1, 0.15) is 6.10 Å². The van der Waals surface area contributed by atoms with Gasteiger partial charge in [0.25, 0.3) is 0 Å². The summed E-state index contributed by atoms with van der Waals surface area (Å²) < 4.78 is 5.54. The van der Waals surface area contributed by atoms with Gasteiger partial charge in [-0.3, -0.25) is 10.1 Å². The molecule has 0 radical (unpaired) electrons. The lowest BCUT2D eigenvalue weighted by molar-refractivity contribution is -0.117. The minimum atomic E-state index is -0.555. The second kappa shape index (κ2) is 8.41. The number of amides is 2. The molecule has 0 saturated carbocycles. The molecule has 5 nitrogen and oxygen atoms in total. The lowest BCUT2D eigenvalue weighted by Gasteiger charge is -2.19. The van der Waals surface area contributed by atoms with Gasteiger partial charge < -0.3 is 9.64 Å². The van der Waals surface area contributed by atoms with Crippen LogP contribution in [-0.2, 0) is 9.53 Å². The van der Waals surface area contributed by atoms with Crippen molar-refractivity contribution < 1.29 is 14.3 Å². The molecule has 1 aliphatic rings. The van der Waals surface area contributed by atoms with E-state index in [1.165, 1.54) is 0 Å². The third-order valence-electron chi connectivity index (χ3n) is 5.23. The van der Waals surface area contributed by atoms with E-state index < -0.39 is 12.2 Å². The highest BCUT2D eigenvalue weighted by atomic mass is 16.6. The van der Waals surface area contributed by atoms with E-state index in [-0.39, 0.29) is 12.3 Å². The van der Waals surface area contributed by atoms with Crippen LogP contribution in [0.4, 0.5) is 16.2 Å². The van der Waals surface area contributed by atoms with Crippen molar-refractivity contribution in [1.82, 2.24) is 0 Å². The smallest absolute Gasteiger partial charge is 0.411 e. The van der Waals surface area contributed by atoms with Crippen LogP contribution in [0.2, 0.25) is 0 Å². The van der Waals surface area contributed by atoms with E-state index in [0.29, 0.717) is 12.2 Å². The standard InChI is InChI=1S/C25H24N2O3/c1-17-11-12-18(2)23(13-17)27-16-22(15-24(27)28)30-25(29)26-21-10-6-9-20(14-21)19-7-4-3-5-8-19/h3-14,22H,15-16H2,1-2H3,(H,26,29). The Labute approximate surface area is 176 Å². The van der Waals surface area contributed by atoms with Crippen molar-refractivity contribution >= 4 is 23.4 Å². The number of aryl methyl sites for hydroxylation is 2. The van der Waals surface area contributed by atoms with Gasteiger partial charge in [0.05, 0.1) is 13.0 Å². The number of benzene rings is 3. The number of nitrogens with zero attached hydrogens (tertiary/aromatic N) is 1. The molecule has 3 aromatic rings. The maximum Gasteiger partial charge on any atom is 0.411 e. The molecular weight excluding hydrogens is 376 g/mol. The zero-order valence-corrected chi connectivity index (χ0v) is 17.1. The van der Waals surface area contributed by atoms with Gasteiger partial charge in [-0.2, -0.15) is 0 Å². The van der Waals surface area contributed by atoms with Crippen molar-refractivity contribution in [3.05, 3.63) is 83.9 Å². The lowest BCUT2D eigenvalue weighted by Crippen LogP contribution is -2.28. The highest BCUT2D eigenvalue weighted by Crippen LogP contribution is 2.28. The minimum absolute atomic E-state index is 0.0347. The predicted octanol–water partition coefficient (Wildman–Crippen LogP) is 5.32. The Morgan fingerprint density at radius 1 is 0.967 bits per heavy atom. The van der Waals surface area contributed by atoms with Gasteiger partial charge in [-0.1, -0.05) is 54.6 Å². The first kappa shape index (κ1) is 19.7. The zero-order valence-electron chi connectivity index (χ0n) is 17.1. The second-order valence-corrected chi connectivity index (χ2v) is 7.60. The second-order valence-electron chi connectivity index (χ2n) is 7.60. The average molecular weight is 400 g/mol. The summed E-state index contributed by atoms with van der Waals surface area (Å²) in [6.07, 6.45) is -0.847. The number of carbonyl (C=O) groups excluding carboxylic acids is 2. The SMILES string of the molecule is Cc1ccc(C)c(N2CC(OC(=O)Nc3cccc(-c4ccccc4)c3)CC2=O)c1. The van der Waals surface area contributed by atoms with Gasteiger partial charge in [-0.05, 0) is 54.3 Å². The molecule has 1 atom stereocenters. The molecule has 3 aromatic carbocycles. The third-order valence-corrected chi connectivity index (χ3v) is 5.23. The highest BCUT2D eigenvalue weighted by Gasteiger charge is 2.34. The summed E-state index contributed by atoms with van der Waals surface area (Å²) in [5.41, 5.74) is 5.71. The number of nitrogens with one attached hydrogen (secondary N) is 1. The Bertz CT molecular complexity index is 1080. The molecule has 1 saturated heterocycles. The summed E-state index contributed by atoms with van der Waals surface area (Å²) in [5.74, 6) is -0.0347. The van der Waals surface area contributed by atoms with Crippen LogP contribution in [0.5, 0.6) is 0 Å². The van der Waals surface area contributed by atoms with Crippen LogP contribution in [0.25, 0.3) is 11.1 Å². The Kier molecular flexibility index (Phi) is 5.53. The van der Waals surface area contributed by atoms with Crippen molar-refractivity contribution in [2.24, 2.45) is 0 Å². The molecule has 152 valence electrons.